The summed E-state index contributed by atoms with van der Waals surface area (Å²) in [5, 5.41) is 2.71. The van der Waals surface area contributed by atoms with Crippen LogP contribution in [0.4, 0.5) is 10.1 Å². The van der Waals surface area contributed by atoms with Crippen molar-refractivity contribution in [1.29, 1.82) is 0 Å². The van der Waals surface area contributed by atoms with E-state index in [1.165, 1.54) is 24.5 Å². The summed E-state index contributed by atoms with van der Waals surface area (Å²) in [6, 6.07) is 17.8. The number of anilines is 1. The average molecular weight is 374 g/mol. The van der Waals surface area contributed by atoms with Gasteiger partial charge in [0.2, 0.25) is 5.88 Å². The second-order valence-electron chi connectivity index (χ2n) is 5.90. The summed E-state index contributed by atoms with van der Waals surface area (Å²) in [4.78, 5) is 20.5. The Morgan fingerprint density at radius 3 is 2.50 bits per heavy atom. The van der Waals surface area contributed by atoms with Gasteiger partial charge in [-0.2, -0.15) is 0 Å². The maximum absolute atomic E-state index is 13.2. The molecule has 0 radical (unpaired) electrons. The van der Waals surface area contributed by atoms with Crippen molar-refractivity contribution in [1.82, 2.24) is 14.5 Å². The highest BCUT2D eigenvalue weighted by molar-refractivity contribution is 6.04. The molecule has 0 saturated heterocycles. The minimum atomic E-state index is -0.458. The van der Waals surface area contributed by atoms with Gasteiger partial charge in [0, 0.05) is 29.7 Å². The van der Waals surface area contributed by atoms with E-state index in [2.05, 4.69) is 15.3 Å². The fourth-order valence-corrected chi connectivity index (χ4v) is 2.57. The standard InChI is InChI=1S/C21H15FN4O2/c22-16-5-3-4-15(12-16)21(27)25-17-6-8-18(9-7-17)28-20-13-19(23-14-24-20)26-10-1-2-11-26/h1-14H,(H,25,27). The first kappa shape index (κ1) is 17.4. The number of nitrogens with one attached hydrogen (secondary N) is 1. The monoisotopic (exact) mass is 374 g/mol. The van der Waals surface area contributed by atoms with Crippen LogP contribution in [0, 0.1) is 5.82 Å². The molecule has 2 aromatic heterocycles. The molecule has 1 N–H and O–H groups in total. The molecule has 28 heavy (non-hydrogen) atoms. The Morgan fingerprint density at radius 2 is 1.75 bits per heavy atom. The van der Waals surface area contributed by atoms with Crippen molar-refractivity contribution in [2.24, 2.45) is 0 Å². The van der Waals surface area contributed by atoms with Crippen molar-refractivity contribution in [3.05, 3.63) is 96.8 Å². The molecular formula is C21H15FN4O2. The van der Waals surface area contributed by atoms with Gasteiger partial charge in [-0.05, 0) is 54.6 Å². The molecule has 2 aromatic carbocycles. The highest BCUT2D eigenvalue weighted by Gasteiger charge is 2.08. The van der Waals surface area contributed by atoms with Gasteiger partial charge in [-0.1, -0.05) is 6.07 Å². The van der Waals surface area contributed by atoms with Gasteiger partial charge in [-0.25, -0.2) is 14.4 Å². The van der Waals surface area contributed by atoms with Crippen molar-refractivity contribution >= 4 is 11.6 Å². The lowest BCUT2D eigenvalue weighted by Gasteiger charge is -2.09. The third-order valence-electron chi connectivity index (χ3n) is 3.92. The predicted octanol–water partition coefficient (Wildman–Crippen LogP) is 4.45. The average Bonchev–Trinajstić information content (AvgIpc) is 3.25. The molecule has 6 nitrogen and oxygen atoms in total. The van der Waals surface area contributed by atoms with Crippen LogP contribution >= 0.6 is 0 Å². The van der Waals surface area contributed by atoms with E-state index in [0.717, 1.165) is 0 Å². The van der Waals surface area contributed by atoms with Gasteiger partial charge >= 0.3 is 0 Å². The van der Waals surface area contributed by atoms with E-state index >= 15 is 0 Å². The number of amides is 1. The molecule has 0 atom stereocenters. The van der Waals surface area contributed by atoms with Crippen LogP contribution < -0.4 is 10.1 Å². The minimum absolute atomic E-state index is 0.249. The Bertz CT molecular complexity index is 1100. The quantitative estimate of drug-likeness (QED) is 0.560. The molecule has 7 heteroatoms. The van der Waals surface area contributed by atoms with Crippen molar-refractivity contribution in [2.45, 2.75) is 0 Å². The van der Waals surface area contributed by atoms with E-state index in [9.17, 15) is 9.18 Å². The lowest BCUT2D eigenvalue weighted by atomic mass is 10.2. The second kappa shape index (κ2) is 7.71. The first-order valence-electron chi connectivity index (χ1n) is 8.48. The van der Waals surface area contributed by atoms with Crippen LogP contribution in [0.25, 0.3) is 5.82 Å². The third-order valence-corrected chi connectivity index (χ3v) is 3.92. The first-order chi connectivity index (χ1) is 13.7. The maximum atomic E-state index is 13.2. The third kappa shape index (κ3) is 4.04. The molecule has 0 unspecified atom stereocenters. The Morgan fingerprint density at radius 1 is 0.964 bits per heavy atom. The summed E-state index contributed by atoms with van der Waals surface area (Å²) in [6.07, 6.45) is 5.18. The van der Waals surface area contributed by atoms with Crippen LogP contribution in [-0.2, 0) is 0 Å². The van der Waals surface area contributed by atoms with Crippen LogP contribution in [0.15, 0.2) is 85.5 Å². The van der Waals surface area contributed by atoms with Gasteiger partial charge in [0.25, 0.3) is 5.91 Å². The molecule has 0 bridgehead atoms. The summed E-state index contributed by atoms with van der Waals surface area (Å²) in [5.41, 5.74) is 0.816. The van der Waals surface area contributed by atoms with E-state index in [4.69, 9.17) is 4.74 Å². The van der Waals surface area contributed by atoms with Gasteiger partial charge in [-0.3, -0.25) is 4.79 Å². The van der Waals surface area contributed by atoms with Crippen LogP contribution in [0.1, 0.15) is 10.4 Å². The molecule has 0 aliphatic rings. The topological polar surface area (TPSA) is 69.0 Å². The normalized spacial score (nSPS) is 10.5. The van der Waals surface area contributed by atoms with Crippen molar-refractivity contribution in [2.75, 3.05) is 5.32 Å². The second-order valence-corrected chi connectivity index (χ2v) is 5.90. The Kier molecular flexibility index (Phi) is 4.79. The van der Waals surface area contributed by atoms with Crippen LogP contribution in [0.3, 0.4) is 0 Å². The van der Waals surface area contributed by atoms with Crippen LogP contribution in [-0.4, -0.2) is 20.4 Å². The number of carbonyl (C=O) groups is 1. The van der Waals surface area contributed by atoms with Crippen molar-refractivity contribution in [3.8, 4) is 17.4 Å². The number of halogens is 1. The number of hydrogen-bond acceptors (Lipinski definition) is 4. The summed E-state index contributed by atoms with van der Waals surface area (Å²) in [7, 11) is 0. The highest BCUT2D eigenvalue weighted by Crippen LogP contribution is 2.22. The Balaban J connectivity index is 1.44. The number of benzene rings is 2. The zero-order valence-electron chi connectivity index (χ0n) is 14.6. The smallest absolute Gasteiger partial charge is 0.255 e. The van der Waals surface area contributed by atoms with Gasteiger partial charge < -0.3 is 14.6 Å². The molecule has 4 aromatic rings. The Labute approximate surface area is 160 Å². The molecule has 0 saturated carbocycles. The van der Waals surface area contributed by atoms with Crippen LogP contribution in [0.5, 0.6) is 11.6 Å². The number of hydrogen-bond donors (Lipinski definition) is 1. The number of nitrogens with zero attached hydrogens (tertiary/aromatic N) is 3. The molecule has 1 amide bonds. The maximum Gasteiger partial charge on any atom is 0.255 e. The lowest BCUT2D eigenvalue weighted by Crippen LogP contribution is -2.11. The van der Waals surface area contributed by atoms with E-state index < -0.39 is 5.82 Å². The molecule has 0 aliphatic heterocycles. The predicted molar refractivity (Wildman–Crippen MR) is 102 cm³/mol. The van der Waals surface area contributed by atoms with Crippen molar-refractivity contribution in [3.63, 3.8) is 0 Å². The molecular weight excluding hydrogens is 359 g/mol. The largest absolute Gasteiger partial charge is 0.439 e. The molecule has 2 heterocycles. The molecule has 0 fully saturated rings. The molecule has 0 aliphatic carbocycles. The minimum Gasteiger partial charge on any atom is -0.439 e. The molecule has 138 valence electrons. The van der Waals surface area contributed by atoms with Crippen molar-refractivity contribution < 1.29 is 13.9 Å². The van der Waals surface area contributed by atoms with E-state index in [1.54, 1.807) is 36.4 Å². The van der Waals surface area contributed by atoms with Gasteiger partial charge in [0.15, 0.2) is 0 Å². The van der Waals surface area contributed by atoms with E-state index in [-0.39, 0.29) is 11.5 Å². The fraction of sp³-hybridized carbons (Fsp3) is 0. The van der Waals surface area contributed by atoms with Crippen LogP contribution in [0.2, 0.25) is 0 Å². The zero-order valence-corrected chi connectivity index (χ0v) is 14.6. The fourth-order valence-electron chi connectivity index (χ4n) is 2.57. The van der Waals surface area contributed by atoms with Gasteiger partial charge in [-0.15, -0.1) is 0 Å². The molecule has 4 rings (SSSR count). The van der Waals surface area contributed by atoms with Gasteiger partial charge in [0.05, 0.1) is 0 Å². The Hall–Kier alpha value is -4.00. The summed E-state index contributed by atoms with van der Waals surface area (Å²) < 4.78 is 20.8. The highest BCUT2D eigenvalue weighted by atomic mass is 19.1. The number of rotatable bonds is 5. The summed E-state index contributed by atoms with van der Waals surface area (Å²) in [6.45, 7) is 0. The first-order valence-corrected chi connectivity index (χ1v) is 8.48. The lowest BCUT2D eigenvalue weighted by molar-refractivity contribution is 0.102. The molecule has 0 spiro atoms. The zero-order chi connectivity index (χ0) is 19.3. The van der Waals surface area contributed by atoms with E-state index in [1.807, 2.05) is 29.1 Å². The van der Waals surface area contributed by atoms with Gasteiger partial charge in [0.1, 0.15) is 23.7 Å². The SMILES string of the molecule is O=C(Nc1ccc(Oc2cc(-n3cccc3)ncn2)cc1)c1cccc(F)c1. The number of aromatic nitrogens is 3. The summed E-state index contributed by atoms with van der Waals surface area (Å²) in [5.74, 6) is 0.797. The van der Waals surface area contributed by atoms with E-state index in [0.29, 0.717) is 23.1 Å². The number of carbonyl (C=O) groups excluding carboxylic acids is 1. The summed E-state index contributed by atoms with van der Waals surface area (Å²) >= 11 is 0. The number of ether oxygens (including phenoxy) is 1.